The summed E-state index contributed by atoms with van der Waals surface area (Å²) in [7, 11) is 0. The molecule has 0 spiro atoms. The van der Waals surface area contributed by atoms with Gasteiger partial charge in [-0.05, 0) is 32.9 Å². The summed E-state index contributed by atoms with van der Waals surface area (Å²) in [4.78, 5) is 14.3. The van der Waals surface area contributed by atoms with Crippen LogP contribution in [-0.4, -0.2) is 45.6 Å². The molecule has 0 aliphatic carbocycles. The van der Waals surface area contributed by atoms with E-state index in [9.17, 15) is 4.79 Å². The molecule has 1 fully saturated rings. The predicted octanol–water partition coefficient (Wildman–Crippen LogP) is 1.99. The molecule has 4 nitrogen and oxygen atoms in total. The van der Waals surface area contributed by atoms with Crippen LogP contribution in [0.1, 0.15) is 34.6 Å². The van der Waals surface area contributed by atoms with Crippen molar-refractivity contribution in [2.24, 2.45) is 0 Å². The summed E-state index contributed by atoms with van der Waals surface area (Å²) in [5, 5.41) is 7.68. The van der Waals surface area contributed by atoms with Gasteiger partial charge in [0.15, 0.2) is 0 Å². The molecule has 2 heterocycles. The van der Waals surface area contributed by atoms with E-state index >= 15 is 0 Å². The van der Waals surface area contributed by atoms with Crippen LogP contribution in [0.3, 0.4) is 0 Å². The van der Waals surface area contributed by atoms with Gasteiger partial charge in [0.25, 0.3) is 5.91 Å². The lowest BCUT2D eigenvalue weighted by molar-refractivity contribution is 0.0726. The highest BCUT2D eigenvalue weighted by atomic mass is 32.2. The SMILES string of the molecule is CSC1CCN(C(=O)c2c(C)n[nH]c2C)CC1. The number of rotatable bonds is 2. The van der Waals surface area contributed by atoms with Crippen LogP contribution in [0.4, 0.5) is 0 Å². The highest BCUT2D eigenvalue weighted by Gasteiger charge is 2.26. The van der Waals surface area contributed by atoms with Crippen LogP contribution in [-0.2, 0) is 0 Å². The van der Waals surface area contributed by atoms with E-state index < -0.39 is 0 Å². The second-order valence-electron chi connectivity index (χ2n) is 4.54. The quantitative estimate of drug-likeness (QED) is 0.877. The Kier molecular flexibility index (Phi) is 3.76. The molecule has 17 heavy (non-hydrogen) atoms. The molecule has 0 radical (unpaired) electrons. The van der Waals surface area contributed by atoms with Crippen LogP contribution in [0, 0.1) is 13.8 Å². The highest BCUT2D eigenvalue weighted by molar-refractivity contribution is 7.99. The van der Waals surface area contributed by atoms with E-state index in [-0.39, 0.29) is 5.91 Å². The number of hydrogen-bond acceptors (Lipinski definition) is 3. The number of thioether (sulfide) groups is 1. The molecule has 1 aliphatic heterocycles. The largest absolute Gasteiger partial charge is 0.338 e. The van der Waals surface area contributed by atoms with Crippen molar-refractivity contribution in [3.8, 4) is 0 Å². The third kappa shape index (κ3) is 2.49. The fourth-order valence-electron chi connectivity index (χ4n) is 2.32. The first-order valence-corrected chi connectivity index (χ1v) is 7.26. The Morgan fingerprint density at radius 1 is 1.41 bits per heavy atom. The molecule has 1 aliphatic rings. The summed E-state index contributed by atoms with van der Waals surface area (Å²) in [6.07, 6.45) is 4.35. The minimum atomic E-state index is 0.133. The lowest BCUT2D eigenvalue weighted by Gasteiger charge is -2.31. The van der Waals surface area contributed by atoms with Crippen molar-refractivity contribution in [1.82, 2.24) is 15.1 Å². The number of H-pyrrole nitrogens is 1. The first-order valence-electron chi connectivity index (χ1n) is 5.97. The van der Waals surface area contributed by atoms with Gasteiger partial charge in [-0.25, -0.2) is 0 Å². The van der Waals surface area contributed by atoms with Crippen molar-refractivity contribution < 1.29 is 4.79 Å². The van der Waals surface area contributed by atoms with Gasteiger partial charge < -0.3 is 4.90 Å². The fraction of sp³-hybridized carbons (Fsp3) is 0.667. The zero-order chi connectivity index (χ0) is 12.4. The summed E-state index contributed by atoms with van der Waals surface area (Å²) in [5.74, 6) is 0.133. The van der Waals surface area contributed by atoms with Gasteiger partial charge in [-0.3, -0.25) is 9.89 Å². The van der Waals surface area contributed by atoms with Crippen LogP contribution in [0.5, 0.6) is 0 Å². The van der Waals surface area contributed by atoms with Crippen LogP contribution >= 0.6 is 11.8 Å². The molecule has 0 bridgehead atoms. The lowest BCUT2D eigenvalue weighted by Crippen LogP contribution is -2.39. The second-order valence-corrected chi connectivity index (χ2v) is 5.67. The number of carbonyl (C=O) groups excluding carboxylic acids is 1. The first kappa shape index (κ1) is 12.5. The van der Waals surface area contributed by atoms with Crippen molar-refractivity contribution in [3.63, 3.8) is 0 Å². The molecule has 0 saturated carbocycles. The van der Waals surface area contributed by atoms with Gasteiger partial charge >= 0.3 is 0 Å². The van der Waals surface area contributed by atoms with Crippen molar-refractivity contribution in [3.05, 3.63) is 17.0 Å². The van der Waals surface area contributed by atoms with Crippen molar-refractivity contribution in [2.45, 2.75) is 31.9 Å². The van der Waals surface area contributed by atoms with Gasteiger partial charge in [0.05, 0.1) is 11.3 Å². The van der Waals surface area contributed by atoms with E-state index in [2.05, 4.69) is 16.5 Å². The standard InChI is InChI=1S/C12H19N3OS/c1-8-11(9(2)14-13-8)12(16)15-6-4-10(17-3)5-7-15/h10H,4-7H2,1-3H3,(H,13,14). The van der Waals surface area contributed by atoms with Gasteiger partial charge in [0, 0.05) is 24.0 Å². The molecule has 1 amide bonds. The third-order valence-corrected chi connectivity index (χ3v) is 4.54. The van der Waals surface area contributed by atoms with Crippen molar-refractivity contribution in [2.75, 3.05) is 19.3 Å². The Balaban J connectivity index is 2.07. The summed E-state index contributed by atoms with van der Waals surface area (Å²) < 4.78 is 0. The number of aromatic nitrogens is 2. The molecular formula is C12H19N3OS. The van der Waals surface area contributed by atoms with Crippen LogP contribution in [0.25, 0.3) is 0 Å². The monoisotopic (exact) mass is 253 g/mol. The Labute approximate surface area is 106 Å². The van der Waals surface area contributed by atoms with E-state index in [1.807, 2.05) is 30.5 Å². The number of aryl methyl sites for hydroxylation is 2. The molecule has 0 unspecified atom stereocenters. The molecule has 94 valence electrons. The topological polar surface area (TPSA) is 49.0 Å². The number of aromatic amines is 1. The van der Waals surface area contributed by atoms with Gasteiger partial charge in [0.2, 0.25) is 0 Å². The Hall–Kier alpha value is -0.970. The summed E-state index contributed by atoms with van der Waals surface area (Å²) in [6.45, 7) is 5.52. The maximum atomic E-state index is 12.4. The zero-order valence-electron chi connectivity index (χ0n) is 10.6. The number of nitrogens with one attached hydrogen (secondary N) is 1. The average Bonchev–Trinajstić information content (AvgIpc) is 2.68. The maximum Gasteiger partial charge on any atom is 0.257 e. The molecule has 1 saturated heterocycles. The molecule has 5 heteroatoms. The zero-order valence-corrected chi connectivity index (χ0v) is 11.4. The van der Waals surface area contributed by atoms with Gasteiger partial charge in [-0.15, -0.1) is 0 Å². The van der Waals surface area contributed by atoms with E-state index in [4.69, 9.17) is 0 Å². The number of carbonyl (C=O) groups is 1. The number of amides is 1. The Morgan fingerprint density at radius 2 is 2.06 bits per heavy atom. The molecule has 1 aromatic heterocycles. The van der Waals surface area contributed by atoms with E-state index in [1.165, 1.54) is 0 Å². The van der Waals surface area contributed by atoms with Crippen molar-refractivity contribution >= 4 is 17.7 Å². The minimum Gasteiger partial charge on any atom is -0.338 e. The number of hydrogen-bond donors (Lipinski definition) is 1. The van der Waals surface area contributed by atoms with Gasteiger partial charge in [-0.1, -0.05) is 0 Å². The van der Waals surface area contributed by atoms with Crippen LogP contribution in [0.2, 0.25) is 0 Å². The van der Waals surface area contributed by atoms with Crippen LogP contribution in [0.15, 0.2) is 0 Å². The normalized spacial score (nSPS) is 17.5. The summed E-state index contributed by atoms with van der Waals surface area (Å²) in [6, 6.07) is 0. The van der Waals surface area contributed by atoms with Crippen molar-refractivity contribution in [1.29, 1.82) is 0 Å². The average molecular weight is 253 g/mol. The molecule has 2 rings (SSSR count). The fourth-order valence-corrected chi connectivity index (χ4v) is 3.00. The molecule has 0 aromatic carbocycles. The smallest absolute Gasteiger partial charge is 0.257 e. The van der Waals surface area contributed by atoms with E-state index in [1.54, 1.807) is 0 Å². The van der Waals surface area contributed by atoms with Crippen LogP contribution < -0.4 is 0 Å². The number of piperidine rings is 1. The van der Waals surface area contributed by atoms with E-state index in [0.717, 1.165) is 42.9 Å². The number of likely N-dealkylation sites (tertiary alicyclic amines) is 1. The minimum absolute atomic E-state index is 0.133. The van der Waals surface area contributed by atoms with Gasteiger partial charge in [-0.2, -0.15) is 16.9 Å². The summed E-state index contributed by atoms with van der Waals surface area (Å²) in [5.41, 5.74) is 2.44. The first-order chi connectivity index (χ1) is 8.13. The molecule has 1 N–H and O–H groups in total. The second kappa shape index (κ2) is 5.12. The lowest BCUT2D eigenvalue weighted by atomic mass is 10.1. The number of nitrogens with zero attached hydrogens (tertiary/aromatic N) is 2. The maximum absolute atomic E-state index is 12.4. The van der Waals surface area contributed by atoms with E-state index in [0.29, 0.717) is 5.25 Å². The van der Waals surface area contributed by atoms with Gasteiger partial charge in [0.1, 0.15) is 0 Å². The summed E-state index contributed by atoms with van der Waals surface area (Å²) >= 11 is 1.91. The Bertz CT molecular complexity index is 388. The molecule has 0 atom stereocenters. The Morgan fingerprint density at radius 3 is 2.53 bits per heavy atom. The third-order valence-electron chi connectivity index (χ3n) is 3.40. The molecular weight excluding hydrogens is 234 g/mol. The molecule has 1 aromatic rings. The predicted molar refractivity (Wildman–Crippen MR) is 70.5 cm³/mol. The highest BCUT2D eigenvalue weighted by Crippen LogP contribution is 2.23.